The average molecular weight is 251 g/mol. The average Bonchev–Trinajstić information content (AvgIpc) is 2.83. The molecule has 1 heterocycles. The minimum atomic E-state index is -0.291. The highest BCUT2D eigenvalue weighted by Gasteiger charge is 2.47. The molecule has 0 bridgehead atoms. The molecule has 0 spiro atoms. The molecule has 3 rings (SSSR count). The van der Waals surface area contributed by atoms with Gasteiger partial charge in [-0.3, -0.25) is 0 Å². The van der Waals surface area contributed by atoms with Gasteiger partial charge in [0.25, 0.3) is 0 Å². The number of fused-ring (bicyclic) bond motifs is 1. The van der Waals surface area contributed by atoms with Crippen molar-refractivity contribution in [2.24, 2.45) is 17.6 Å². The Balaban J connectivity index is 1.58. The lowest BCUT2D eigenvalue weighted by molar-refractivity contribution is 0.0665. The second kappa shape index (κ2) is 4.63. The Kier molecular flexibility index (Phi) is 3.11. The number of rotatable bonds is 5. The molecule has 100 valence electrons. The van der Waals surface area contributed by atoms with Crippen LogP contribution < -0.4 is 5.73 Å². The lowest BCUT2D eigenvalue weighted by atomic mass is 10.0. The summed E-state index contributed by atoms with van der Waals surface area (Å²) in [7, 11) is 0. The molecule has 3 unspecified atom stereocenters. The van der Waals surface area contributed by atoms with Gasteiger partial charge in [-0.2, -0.15) is 4.98 Å². The normalized spacial score (nSPS) is 31.7. The molecule has 1 aromatic rings. The smallest absolute Gasteiger partial charge is 0.229 e. The molecule has 18 heavy (non-hydrogen) atoms. The first kappa shape index (κ1) is 12.1. The summed E-state index contributed by atoms with van der Waals surface area (Å²) in [6.07, 6.45) is 4.00. The fourth-order valence-electron chi connectivity index (χ4n) is 2.85. The molecule has 2 saturated carbocycles. The maximum Gasteiger partial charge on any atom is 0.229 e. The van der Waals surface area contributed by atoms with Crippen LogP contribution in [0.3, 0.4) is 0 Å². The Morgan fingerprint density at radius 2 is 2.06 bits per heavy atom. The van der Waals surface area contributed by atoms with E-state index in [1.54, 1.807) is 0 Å². The maximum absolute atomic E-state index is 5.98. The van der Waals surface area contributed by atoms with Gasteiger partial charge >= 0.3 is 0 Å². The first-order valence-corrected chi connectivity index (χ1v) is 6.84. The van der Waals surface area contributed by atoms with Crippen LogP contribution in [-0.2, 0) is 4.74 Å². The molecular weight excluding hydrogens is 230 g/mol. The van der Waals surface area contributed by atoms with Gasteiger partial charge in [0.1, 0.15) is 0 Å². The minimum Gasteiger partial charge on any atom is -0.377 e. The molecule has 2 fully saturated rings. The van der Waals surface area contributed by atoms with E-state index in [0.29, 0.717) is 18.3 Å². The zero-order valence-electron chi connectivity index (χ0n) is 11.0. The summed E-state index contributed by atoms with van der Waals surface area (Å²) >= 11 is 0. The molecule has 0 aromatic carbocycles. The Bertz CT molecular complexity index is 408. The van der Waals surface area contributed by atoms with E-state index >= 15 is 0 Å². The van der Waals surface area contributed by atoms with E-state index in [4.69, 9.17) is 15.0 Å². The SMILES string of the molecule is CC(C)OCC(N)c1noc(C2CC3CC3C2)n1. The third kappa shape index (κ3) is 2.42. The van der Waals surface area contributed by atoms with Crippen LogP contribution in [0.5, 0.6) is 0 Å². The molecule has 1 aromatic heterocycles. The minimum absolute atomic E-state index is 0.171. The second-order valence-corrected chi connectivity index (χ2v) is 5.90. The van der Waals surface area contributed by atoms with E-state index in [-0.39, 0.29) is 12.1 Å². The van der Waals surface area contributed by atoms with Gasteiger partial charge in [-0.15, -0.1) is 0 Å². The molecule has 0 aliphatic heterocycles. The number of nitrogens with two attached hydrogens (primary N) is 1. The van der Waals surface area contributed by atoms with Gasteiger partial charge in [0.05, 0.1) is 18.8 Å². The van der Waals surface area contributed by atoms with Crippen LogP contribution >= 0.6 is 0 Å². The van der Waals surface area contributed by atoms with Crippen LogP contribution in [0.2, 0.25) is 0 Å². The highest BCUT2D eigenvalue weighted by molar-refractivity contribution is 5.07. The van der Waals surface area contributed by atoms with Gasteiger partial charge in [-0.05, 0) is 44.9 Å². The Morgan fingerprint density at radius 3 is 2.72 bits per heavy atom. The number of hydrogen-bond acceptors (Lipinski definition) is 5. The molecule has 3 atom stereocenters. The molecule has 2 aliphatic rings. The van der Waals surface area contributed by atoms with Gasteiger partial charge in [-0.25, -0.2) is 0 Å². The number of ether oxygens (including phenoxy) is 1. The van der Waals surface area contributed by atoms with E-state index in [2.05, 4.69) is 10.1 Å². The predicted molar refractivity (Wildman–Crippen MR) is 65.9 cm³/mol. The summed E-state index contributed by atoms with van der Waals surface area (Å²) in [5.41, 5.74) is 5.98. The van der Waals surface area contributed by atoms with Crippen LogP contribution in [0.25, 0.3) is 0 Å². The summed E-state index contributed by atoms with van der Waals surface area (Å²) in [6, 6.07) is -0.291. The molecule has 0 amide bonds. The molecule has 2 aliphatic carbocycles. The highest BCUT2D eigenvalue weighted by Crippen LogP contribution is 2.57. The largest absolute Gasteiger partial charge is 0.377 e. The lowest BCUT2D eigenvalue weighted by Gasteiger charge is -2.10. The topological polar surface area (TPSA) is 74.2 Å². The predicted octanol–water partition coefficient (Wildman–Crippen LogP) is 2.01. The van der Waals surface area contributed by atoms with E-state index in [9.17, 15) is 0 Å². The number of hydrogen-bond donors (Lipinski definition) is 1. The number of nitrogens with zero attached hydrogens (tertiary/aromatic N) is 2. The van der Waals surface area contributed by atoms with E-state index in [1.807, 2.05) is 13.8 Å². The van der Waals surface area contributed by atoms with Crippen LogP contribution in [0.1, 0.15) is 56.8 Å². The van der Waals surface area contributed by atoms with Crippen LogP contribution in [0.4, 0.5) is 0 Å². The van der Waals surface area contributed by atoms with E-state index in [0.717, 1.165) is 17.7 Å². The van der Waals surface area contributed by atoms with Crippen molar-refractivity contribution in [3.8, 4) is 0 Å². The molecule has 0 saturated heterocycles. The van der Waals surface area contributed by atoms with Crippen molar-refractivity contribution in [2.75, 3.05) is 6.61 Å². The molecule has 5 nitrogen and oxygen atoms in total. The molecule has 0 radical (unpaired) electrons. The number of aromatic nitrogens is 2. The first-order valence-electron chi connectivity index (χ1n) is 6.84. The molecular formula is C13H21N3O2. The van der Waals surface area contributed by atoms with Crippen molar-refractivity contribution in [3.63, 3.8) is 0 Å². The fourth-order valence-corrected chi connectivity index (χ4v) is 2.85. The van der Waals surface area contributed by atoms with Crippen molar-refractivity contribution in [1.82, 2.24) is 10.1 Å². The Morgan fingerprint density at radius 1 is 1.33 bits per heavy atom. The van der Waals surface area contributed by atoms with E-state index in [1.165, 1.54) is 19.3 Å². The van der Waals surface area contributed by atoms with Crippen molar-refractivity contribution in [1.29, 1.82) is 0 Å². The first-order chi connectivity index (χ1) is 8.63. The van der Waals surface area contributed by atoms with Gasteiger partial charge in [0.15, 0.2) is 5.82 Å². The third-order valence-electron chi connectivity index (χ3n) is 3.99. The van der Waals surface area contributed by atoms with Gasteiger partial charge in [0.2, 0.25) is 5.89 Å². The van der Waals surface area contributed by atoms with Crippen LogP contribution in [-0.4, -0.2) is 22.9 Å². The van der Waals surface area contributed by atoms with Gasteiger partial charge < -0.3 is 15.0 Å². The Hall–Kier alpha value is -0.940. The summed E-state index contributed by atoms with van der Waals surface area (Å²) in [5.74, 6) is 3.66. The lowest BCUT2D eigenvalue weighted by Crippen LogP contribution is -2.20. The van der Waals surface area contributed by atoms with Crippen molar-refractivity contribution >= 4 is 0 Å². The fraction of sp³-hybridized carbons (Fsp3) is 0.846. The summed E-state index contributed by atoms with van der Waals surface area (Å²) in [6.45, 7) is 4.41. The third-order valence-corrected chi connectivity index (χ3v) is 3.99. The monoisotopic (exact) mass is 251 g/mol. The highest BCUT2D eigenvalue weighted by atomic mass is 16.5. The zero-order valence-corrected chi connectivity index (χ0v) is 11.0. The molecule has 2 N–H and O–H groups in total. The Labute approximate surface area is 107 Å². The van der Waals surface area contributed by atoms with Gasteiger partial charge in [-0.1, -0.05) is 5.16 Å². The maximum atomic E-state index is 5.98. The summed E-state index contributed by atoms with van der Waals surface area (Å²) in [4.78, 5) is 4.44. The summed E-state index contributed by atoms with van der Waals surface area (Å²) < 4.78 is 10.8. The zero-order chi connectivity index (χ0) is 12.7. The van der Waals surface area contributed by atoms with Crippen molar-refractivity contribution in [2.45, 2.75) is 51.2 Å². The van der Waals surface area contributed by atoms with E-state index < -0.39 is 0 Å². The van der Waals surface area contributed by atoms with Crippen LogP contribution in [0, 0.1) is 11.8 Å². The quantitative estimate of drug-likeness (QED) is 0.866. The van der Waals surface area contributed by atoms with Crippen molar-refractivity contribution < 1.29 is 9.26 Å². The standard InChI is InChI=1S/C13H21N3O2/c1-7(2)17-6-11(14)12-15-13(18-16-12)10-4-8-3-9(8)5-10/h7-11H,3-6,14H2,1-2H3. The summed E-state index contributed by atoms with van der Waals surface area (Å²) in [5, 5.41) is 3.99. The van der Waals surface area contributed by atoms with Crippen LogP contribution in [0.15, 0.2) is 4.52 Å². The second-order valence-electron chi connectivity index (χ2n) is 5.90. The van der Waals surface area contributed by atoms with Crippen molar-refractivity contribution in [3.05, 3.63) is 11.7 Å². The van der Waals surface area contributed by atoms with Gasteiger partial charge in [0, 0.05) is 5.92 Å². The molecule has 5 heteroatoms.